The Morgan fingerprint density at radius 1 is 1.12 bits per heavy atom. The Kier molecular flexibility index (Phi) is 4.56. The van der Waals surface area contributed by atoms with Crippen molar-refractivity contribution in [3.8, 4) is 5.75 Å². The summed E-state index contributed by atoms with van der Waals surface area (Å²) >= 11 is 0. The number of rotatable bonds is 3. The molecule has 0 N–H and O–H groups in total. The first-order valence-corrected chi connectivity index (χ1v) is 10.7. The fourth-order valence-corrected chi connectivity index (χ4v) is 4.57. The van der Waals surface area contributed by atoms with Crippen LogP contribution in [0, 0.1) is 0 Å². The number of aliphatic imine (C=N–C) groups is 1. The molecule has 1 saturated carbocycles. The number of ether oxygens (including phenoxy) is 1. The van der Waals surface area contributed by atoms with E-state index in [1.165, 1.54) is 19.3 Å². The first kappa shape index (κ1) is 17.3. The highest BCUT2D eigenvalue weighted by molar-refractivity contribution is 7.90. The van der Waals surface area contributed by atoms with Gasteiger partial charge in [0.25, 0.3) is 10.0 Å². The molecule has 0 amide bonds. The molecule has 1 aliphatic carbocycles. The molecule has 0 radical (unpaired) electrons. The SMILES string of the molecule is CC1=CN2CCS(=O)(=O)N=C2C(c2ccc(OC3CCCCC3)cc2)=N1. The zero-order valence-corrected chi connectivity index (χ0v) is 15.7. The number of nitrogens with zero attached hydrogens (tertiary/aromatic N) is 3. The molecule has 4 rings (SSSR count). The lowest BCUT2D eigenvalue weighted by molar-refractivity contribution is 0.155. The van der Waals surface area contributed by atoms with Crippen molar-refractivity contribution in [2.75, 3.05) is 12.3 Å². The minimum atomic E-state index is -3.43. The van der Waals surface area contributed by atoms with Crippen molar-refractivity contribution >= 4 is 21.6 Å². The van der Waals surface area contributed by atoms with Gasteiger partial charge in [0, 0.05) is 18.3 Å². The maximum Gasteiger partial charge on any atom is 0.256 e. The smallest absolute Gasteiger partial charge is 0.256 e. The highest BCUT2D eigenvalue weighted by Crippen LogP contribution is 2.25. The van der Waals surface area contributed by atoms with E-state index in [1.54, 1.807) is 0 Å². The van der Waals surface area contributed by atoms with Gasteiger partial charge >= 0.3 is 0 Å². The van der Waals surface area contributed by atoms with Crippen LogP contribution in [-0.4, -0.2) is 43.3 Å². The Bertz CT molecular complexity index is 879. The molecule has 7 heteroatoms. The fourth-order valence-electron chi connectivity index (χ4n) is 3.60. The Balaban J connectivity index is 1.59. The summed E-state index contributed by atoms with van der Waals surface area (Å²) in [5.74, 6) is 1.28. The zero-order chi connectivity index (χ0) is 18.1. The minimum absolute atomic E-state index is 0.0295. The lowest BCUT2D eigenvalue weighted by Gasteiger charge is -2.29. The van der Waals surface area contributed by atoms with Gasteiger partial charge in [0.2, 0.25) is 0 Å². The summed E-state index contributed by atoms with van der Waals surface area (Å²) in [5, 5.41) is 0. The molecule has 3 aliphatic rings. The van der Waals surface area contributed by atoms with Gasteiger partial charge in [0.15, 0.2) is 5.84 Å². The molecule has 26 heavy (non-hydrogen) atoms. The second-order valence-electron chi connectivity index (χ2n) is 7.03. The van der Waals surface area contributed by atoms with E-state index >= 15 is 0 Å². The molecule has 1 aromatic rings. The van der Waals surface area contributed by atoms with Crippen molar-refractivity contribution in [2.24, 2.45) is 9.39 Å². The Labute approximate surface area is 154 Å². The van der Waals surface area contributed by atoms with Crippen molar-refractivity contribution in [2.45, 2.75) is 45.1 Å². The summed E-state index contributed by atoms with van der Waals surface area (Å²) < 4.78 is 33.9. The quantitative estimate of drug-likeness (QED) is 0.816. The largest absolute Gasteiger partial charge is 0.490 e. The molecule has 2 aliphatic heterocycles. The second-order valence-corrected chi connectivity index (χ2v) is 8.78. The zero-order valence-electron chi connectivity index (χ0n) is 14.9. The standard InChI is InChI=1S/C19H23N3O3S/c1-14-13-22-11-12-26(23,24)21-19(22)18(20-14)15-7-9-17(10-8-15)25-16-5-3-2-4-6-16/h7-10,13,16H,2-6,11-12H2,1H3. The summed E-state index contributed by atoms with van der Waals surface area (Å²) in [5.41, 5.74) is 2.27. The molecule has 0 saturated heterocycles. The minimum Gasteiger partial charge on any atom is -0.490 e. The van der Waals surface area contributed by atoms with Crippen LogP contribution in [0.25, 0.3) is 0 Å². The molecular formula is C19H23N3O3S. The summed E-state index contributed by atoms with van der Waals surface area (Å²) in [6.07, 6.45) is 8.13. The summed E-state index contributed by atoms with van der Waals surface area (Å²) in [4.78, 5) is 6.41. The number of allylic oxidation sites excluding steroid dienone is 1. The van der Waals surface area contributed by atoms with Gasteiger partial charge in [-0.3, -0.25) is 0 Å². The summed E-state index contributed by atoms with van der Waals surface area (Å²) in [7, 11) is -3.43. The molecule has 2 heterocycles. The Hall–Kier alpha value is -2.15. The van der Waals surface area contributed by atoms with Crippen LogP contribution in [0.15, 0.2) is 45.6 Å². The van der Waals surface area contributed by atoms with Gasteiger partial charge in [-0.15, -0.1) is 4.40 Å². The Morgan fingerprint density at radius 2 is 1.85 bits per heavy atom. The third-order valence-electron chi connectivity index (χ3n) is 4.91. The van der Waals surface area contributed by atoms with Crippen LogP contribution >= 0.6 is 0 Å². The number of fused-ring (bicyclic) bond motifs is 1. The van der Waals surface area contributed by atoms with Crippen molar-refractivity contribution in [3.05, 3.63) is 41.7 Å². The van der Waals surface area contributed by atoms with Crippen molar-refractivity contribution < 1.29 is 13.2 Å². The molecule has 0 bridgehead atoms. The highest BCUT2D eigenvalue weighted by Gasteiger charge is 2.29. The second kappa shape index (κ2) is 6.87. The molecule has 0 aromatic heterocycles. The Morgan fingerprint density at radius 3 is 2.58 bits per heavy atom. The van der Waals surface area contributed by atoms with Crippen LogP contribution in [0.3, 0.4) is 0 Å². The van der Waals surface area contributed by atoms with Crippen LogP contribution in [0.4, 0.5) is 0 Å². The van der Waals surface area contributed by atoms with E-state index < -0.39 is 10.0 Å². The molecule has 6 nitrogen and oxygen atoms in total. The van der Waals surface area contributed by atoms with Gasteiger partial charge in [0.1, 0.15) is 11.5 Å². The lowest BCUT2D eigenvalue weighted by atomic mass is 9.98. The van der Waals surface area contributed by atoms with Gasteiger partial charge in [-0.2, -0.15) is 0 Å². The van der Waals surface area contributed by atoms with Gasteiger partial charge in [0.05, 0.1) is 17.6 Å². The van der Waals surface area contributed by atoms with Crippen LogP contribution in [0.2, 0.25) is 0 Å². The molecule has 0 atom stereocenters. The number of benzene rings is 1. The monoisotopic (exact) mass is 373 g/mol. The van der Waals surface area contributed by atoms with Crippen molar-refractivity contribution in [1.29, 1.82) is 0 Å². The predicted molar refractivity (Wildman–Crippen MR) is 102 cm³/mol. The van der Waals surface area contributed by atoms with Gasteiger partial charge < -0.3 is 9.64 Å². The fraction of sp³-hybridized carbons (Fsp3) is 0.474. The number of hydrogen-bond acceptors (Lipinski definition) is 5. The van der Waals surface area contributed by atoms with Gasteiger partial charge in [-0.05, 0) is 56.9 Å². The van der Waals surface area contributed by atoms with Crippen LogP contribution in [0.1, 0.15) is 44.6 Å². The average molecular weight is 373 g/mol. The third kappa shape index (κ3) is 3.67. The lowest BCUT2D eigenvalue weighted by Crippen LogP contribution is -2.42. The van der Waals surface area contributed by atoms with E-state index in [2.05, 4.69) is 9.39 Å². The summed E-state index contributed by atoms with van der Waals surface area (Å²) in [6, 6.07) is 7.72. The first-order chi connectivity index (χ1) is 12.5. The predicted octanol–water partition coefficient (Wildman–Crippen LogP) is 3.11. The van der Waals surface area contributed by atoms with E-state index in [-0.39, 0.29) is 5.75 Å². The number of amidine groups is 1. The van der Waals surface area contributed by atoms with E-state index in [0.29, 0.717) is 24.2 Å². The van der Waals surface area contributed by atoms with Crippen LogP contribution < -0.4 is 4.74 Å². The van der Waals surface area contributed by atoms with Crippen LogP contribution in [-0.2, 0) is 10.0 Å². The molecule has 1 fully saturated rings. The highest BCUT2D eigenvalue weighted by atomic mass is 32.2. The normalized spacial score (nSPS) is 22.8. The van der Waals surface area contributed by atoms with E-state index in [4.69, 9.17) is 4.74 Å². The van der Waals surface area contributed by atoms with E-state index in [0.717, 1.165) is 29.9 Å². The molecule has 138 valence electrons. The van der Waals surface area contributed by atoms with E-state index in [1.807, 2.05) is 42.3 Å². The third-order valence-corrected chi connectivity index (χ3v) is 6.06. The van der Waals surface area contributed by atoms with E-state index in [9.17, 15) is 8.42 Å². The van der Waals surface area contributed by atoms with Crippen LogP contribution in [0.5, 0.6) is 5.75 Å². The maximum absolute atomic E-state index is 11.9. The maximum atomic E-state index is 11.9. The van der Waals surface area contributed by atoms with Gasteiger partial charge in [-0.25, -0.2) is 13.4 Å². The first-order valence-electron chi connectivity index (χ1n) is 9.14. The number of sulfonamides is 1. The topological polar surface area (TPSA) is 71.3 Å². The molecular weight excluding hydrogens is 350 g/mol. The molecule has 0 spiro atoms. The van der Waals surface area contributed by atoms with Gasteiger partial charge in [-0.1, -0.05) is 6.42 Å². The summed E-state index contributed by atoms with van der Waals surface area (Å²) in [6.45, 7) is 2.31. The number of hydrogen-bond donors (Lipinski definition) is 0. The molecule has 0 unspecified atom stereocenters. The average Bonchev–Trinajstić information content (AvgIpc) is 2.63. The van der Waals surface area contributed by atoms with Crippen molar-refractivity contribution in [3.63, 3.8) is 0 Å². The molecule has 1 aromatic carbocycles. The van der Waals surface area contributed by atoms with Crippen molar-refractivity contribution in [1.82, 2.24) is 4.90 Å².